The molecule has 0 N–H and O–H groups in total. The topological polar surface area (TPSA) is 36.4 Å². The summed E-state index contributed by atoms with van der Waals surface area (Å²) < 4.78 is 1.18. The maximum atomic E-state index is 13.5. The van der Waals surface area contributed by atoms with Crippen molar-refractivity contribution in [1.82, 2.24) is 14.8 Å². The number of carbonyl (C=O) groups is 1. The van der Waals surface area contributed by atoms with Gasteiger partial charge in [-0.2, -0.15) is 0 Å². The standard InChI is InChI=1S/C28H29N3OS/c1-18-3-6-24-7-4-22(20-11-13-30(14-12-20)23-8-9-23)17-31(24)28(32)16-25(18)21-5-10-26-27(15-21)33-19(2)29-26/h4-7,10-11,15-18,23H,3,8-9,12-14H2,1-2H3. The Morgan fingerprint density at radius 1 is 1.15 bits per heavy atom. The predicted molar refractivity (Wildman–Crippen MR) is 136 cm³/mol. The summed E-state index contributed by atoms with van der Waals surface area (Å²) in [6.45, 7) is 6.40. The molecule has 1 saturated carbocycles. The number of rotatable bonds is 3. The van der Waals surface area contributed by atoms with E-state index < -0.39 is 0 Å². The lowest BCUT2D eigenvalue weighted by Gasteiger charge is -2.30. The highest BCUT2D eigenvalue weighted by Crippen LogP contribution is 2.35. The van der Waals surface area contributed by atoms with Gasteiger partial charge in [-0.1, -0.05) is 31.2 Å². The molecule has 0 spiro atoms. The Hall–Kier alpha value is -2.76. The first-order valence-corrected chi connectivity index (χ1v) is 12.8. The summed E-state index contributed by atoms with van der Waals surface area (Å²) in [5.74, 6) is 0.296. The van der Waals surface area contributed by atoms with Crippen LogP contribution in [0.5, 0.6) is 0 Å². The molecule has 4 aliphatic rings. The normalized spacial score (nSPS) is 24.0. The number of benzene rings is 1. The van der Waals surface area contributed by atoms with Crippen molar-refractivity contribution >= 4 is 33.0 Å². The highest BCUT2D eigenvalue weighted by Gasteiger charge is 2.30. The van der Waals surface area contributed by atoms with E-state index in [9.17, 15) is 4.79 Å². The second kappa shape index (κ2) is 8.23. The molecule has 4 nitrogen and oxygen atoms in total. The molecule has 6 rings (SSSR count). The highest BCUT2D eigenvalue weighted by molar-refractivity contribution is 7.18. The van der Waals surface area contributed by atoms with Crippen LogP contribution in [0, 0.1) is 12.8 Å². The van der Waals surface area contributed by atoms with Gasteiger partial charge >= 0.3 is 0 Å². The summed E-state index contributed by atoms with van der Waals surface area (Å²) >= 11 is 1.71. The largest absolute Gasteiger partial charge is 0.296 e. The van der Waals surface area contributed by atoms with Gasteiger partial charge in [0.2, 0.25) is 0 Å². The zero-order valence-corrected chi connectivity index (χ0v) is 20.1. The Balaban J connectivity index is 1.30. The summed E-state index contributed by atoms with van der Waals surface area (Å²) in [5, 5.41) is 1.07. The molecule has 1 unspecified atom stereocenters. The van der Waals surface area contributed by atoms with Gasteiger partial charge in [0.25, 0.3) is 5.91 Å². The number of nitrogens with zero attached hydrogens (tertiary/aromatic N) is 3. The average molecular weight is 456 g/mol. The average Bonchev–Trinajstić information content (AvgIpc) is 3.60. The lowest BCUT2D eigenvalue weighted by Crippen LogP contribution is -2.31. The number of aromatic nitrogens is 1. The van der Waals surface area contributed by atoms with E-state index in [1.807, 2.05) is 24.1 Å². The van der Waals surface area contributed by atoms with Gasteiger partial charge in [0, 0.05) is 37.1 Å². The minimum absolute atomic E-state index is 0.0289. The summed E-state index contributed by atoms with van der Waals surface area (Å²) in [6, 6.07) is 7.19. The second-order valence-corrected chi connectivity index (χ2v) is 10.8. The maximum absolute atomic E-state index is 13.5. The summed E-state index contributed by atoms with van der Waals surface area (Å²) in [7, 11) is 0. The molecule has 4 heterocycles. The minimum atomic E-state index is 0.0289. The third-order valence-corrected chi connectivity index (χ3v) is 8.14. The Kier molecular flexibility index (Phi) is 5.19. The SMILES string of the molecule is Cc1nc2ccc(C3=CC(=O)N4C=C(C5=CCN(C6CC6)CC5)C=CC4=CCC3C)cc2s1. The Morgan fingerprint density at radius 3 is 2.82 bits per heavy atom. The number of thiazole rings is 1. The number of allylic oxidation sites excluding steroid dienone is 5. The van der Waals surface area contributed by atoms with Crippen LogP contribution >= 0.6 is 11.3 Å². The van der Waals surface area contributed by atoms with Gasteiger partial charge in [-0.3, -0.25) is 14.6 Å². The number of fused-ring (bicyclic) bond motifs is 2. The molecule has 33 heavy (non-hydrogen) atoms. The molecular formula is C28H29N3OS. The van der Waals surface area contributed by atoms with E-state index in [4.69, 9.17) is 0 Å². The van der Waals surface area contributed by atoms with Gasteiger partial charge in [0.05, 0.1) is 15.2 Å². The first-order valence-electron chi connectivity index (χ1n) is 12.0. The van der Waals surface area contributed by atoms with Crippen LogP contribution < -0.4 is 0 Å². The van der Waals surface area contributed by atoms with Crippen LogP contribution in [-0.2, 0) is 4.79 Å². The zero-order valence-electron chi connectivity index (χ0n) is 19.3. The number of aryl methyl sites for hydroxylation is 1. The monoisotopic (exact) mass is 455 g/mol. The predicted octanol–water partition coefficient (Wildman–Crippen LogP) is 5.99. The third kappa shape index (κ3) is 4.04. The van der Waals surface area contributed by atoms with Crippen LogP contribution in [0.1, 0.15) is 43.2 Å². The Morgan fingerprint density at radius 2 is 2.03 bits per heavy atom. The molecule has 3 aliphatic heterocycles. The highest BCUT2D eigenvalue weighted by atomic mass is 32.1. The number of carbonyl (C=O) groups excluding carboxylic acids is 1. The number of amides is 1. The van der Waals surface area contributed by atoms with Crippen molar-refractivity contribution in [2.45, 2.75) is 45.6 Å². The van der Waals surface area contributed by atoms with Gasteiger partial charge in [-0.25, -0.2) is 4.98 Å². The molecule has 1 amide bonds. The van der Waals surface area contributed by atoms with Gasteiger partial charge < -0.3 is 0 Å². The van der Waals surface area contributed by atoms with Crippen molar-refractivity contribution in [2.75, 3.05) is 13.1 Å². The van der Waals surface area contributed by atoms with E-state index in [0.29, 0.717) is 0 Å². The molecule has 0 radical (unpaired) electrons. The fraction of sp³-hybridized carbons (Fsp3) is 0.357. The van der Waals surface area contributed by atoms with E-state index in [-0.39, 0.29) is 11.8 Å². The zero-order chi connectivity index (χ0) is 22.5. The van der Waals surface area contributed by atoms with Crippen molar-refractivity contribution in [2.24, 2.45) is 5.92 Å². The molecule has 1 atom stereocenters. The Bertz CT molecular complexity index is 1290. The van der Waals surface area contributed by atoms with Crippen molar-refractivity contribution in [3.05, 3.63) is 82.2 Å². The van der Waals surface area contributed by atoms with Gasteiger partial charge in [-0.05, 0) is 79.0 Å². The molecule has 1 aromatic carbocycles. The smallest absolute Gasteiger partial charge is 0.255 e. The van der Waals surface area contributed by atoms with Crippen molar-refractivity contribution in [3.8, 4) is 0 Å². The van der Waals surface area contributed by atoms with Crippen LogP contribution in [0.15, 0.2) is 71.6 Å². The molecule has 168 valence electrons. The molecular weight excluding hydrogens is 426 g/mol. The number of hydrogen-bond acceptors (Lipinski definition) is 4. The summed E-state index contributed by atoms with van der Waals surface area (Å²) in [6.07, 6.45) is 17.4. The van der Waals surface area contributed by atoms with E-state index in [1.165, 1.54) is 28.7 Å². The first kappa shape index (κ1) is 20.8. The molecule has 0 bridgehead atoms. The maximum Gasteiger partial charge on any atom is 0.255 e. The molecule has 1 aromatic heterocycles. The van der Waals surface area contributed by atoms with E-state index in [0.717, 1.165) is 59.3 Å². The molecule has 1 fully saturated rings. The lowest BCUT2D eigenvalue weighted by molar-refractivity contribution is -0.122. The fourth-order valence-electron chi connectivity index (χ4n) is 5.13. The third-order valence-electron chi connectivity index (χ3n) is 7.21. The fourth-order valence-corrected chi connectivity index (χ4v) is 6.00. The van der Waals surface area contributed by atoms with Crippen LogP contribution in [0.3, 0.4) is 0 Å². The first-order chi connectivity index (χ1) is 16.0. The van der Waals surface area contributed by atoms with E-state index in [2.05, 4.69) is 59.3 Å². The number of hydrogen-bond donors (Lipinski definition) is 0. The van der Waals surface area contributed by atoms with Gasteiger partial charge in [0.15, 0.2) is 0 Å². The Labute approximate surface area is 199 Å². The molecule has 2 aromatic rings. The van der Waals surface area contributed by atoms with Crippen molar-refractivity contribution < 1.29 is 4.79 Å². The quantitative estimate of drug-likeness (QED) is 0.570. The van der Waals surface area contributed by atoms with E-state index >= 15 is 0 Å². The van der Waals surface area contributed by atoms with E-state index in [1.54, 1.807) is 11.3 Å². The van der Waals surface area contributed by atoms with Crippen LogP contribution in [-0.4, -0.2) is 39.8 Å². The van der Waals surface area contributed by atoms with Crippen LogP contribution in [0.2, 0.25) is 0 Å². The van der Waals surface area contributed by atoms with Crippen LogP contribution in [0.25, 0.3) is 15.8 Å². The summed E-state index contributed by atoms with van der Waals surface area (Å²) in [5.41, 5.74) is 6.77. The van der Waals surface area contributed by atoms with Crippen molar-refractivity contribution in [3.63, 3.8) is 0 Å². The minimum Gasteiger partial charge on any atom is -0.296 e. The molecule has 1 aliphatic carbocycles. The summed E-state index contributed by atoms with van der Waals surface area (Å²) in [4.78, 5) is 22.5. The second-order valence-electron chi connectivity index (χ2n) is 9.61. The van der Waals surface area contributed by atoms with Gasteiger partial charge in [-0.15, -0.1) is 11.3 Å². The van der Waals surface area contributed by atoms with Gasteiger partial charge in [0.1, 0.15) is 0 Å². The molecule has 0 saturated heterocycles. The molecule has 5 heteroatoms. The van der Waals surface area contributed by atoms with Crippen LogP contribution in [0.4, 0.5) is 0 Å². The lowest BCUT2D eigenvalue weighted by atomic mass is 9.88. The van der Waals surface area contributed by atoms with Crippen molar-refractivity contribution in [1.29, 1.82) is 0 Å².